The van der Waals surface area contributed by atoms with Crippen molar-refractivity contribution >= 4 is 5.78 Å². The molecule has 0 N–H and O–H groups in total. The summed E-state index contributed by atoms with van der Waals surface area (Å²) in [6.45, 7) is 5.62. The van der Waals surface area contributed by atoms with E-state index in [2.05, 4.69) is 0 Å². The minimum atomic E-state index is -0.359. The predicted molar refractivity (Wildman–Crippen MR) is 52.2 cm³/mol. The van der Waals surface area contributed by atoms with Crippen molar-refractivity contribution in [3.63, 3.8) is 0 Å². The molecule has 0 amide bonds. The van der Waals surface area contributed by atoms with Crippen LogP contribution in [0.15, 0.2) is 24.0 Å². The van der Waals surface area contributed by atoms with Crippen molar-refractivity contribution in [3.8, 4) is 0 Å². The molecule has 1 aliphatic carbocycles. The molecule has 0 aromatic heterocycles. The third-order valence-electron chi connectivity index (χ3n) is 2.95. The van der Waals surface area contributed by atoms with Crippen LogP contribution in [0.2, 0.25) is 0 Å². The van der Waals surface area contributed by atoms with E-state index in [1.807, 2.05) is 32.1 Å². The van der Waals surface area contributed by atoms with Gasteiger partial charge in [0.05, 0.1) is 12.5 Å². The number of ketones is 1. The van der Waals surface area contributed by atoms with Gasteiger partial charge in [-0.3, -0.25) is 4.79 Å². The first-order valence-electron chi connectivity index (χ1n) is 4.47. The van der Waals surface area contributed by atoms with E-state index in [-0.39, 0.29) is 17.1 Å². The second-order valence-corrected chi connectivity index (χ2v) is 3.73. The molecule has 0 radical (unpaired) electrons. The van der Waals surface area contributed by atoms with Gasteiger partial charge in [0.1, 0.15) is 11.5 Å². The molecule has 2 atom stereocenters. The van der Waals surface area contributed by atoms with Gasteiger partial charge >= 0.3 is 0 Å². The fourth-order valence-corrected chi connectivity index (χ4v) is 1.46. The van der Waals surface area contributed by atoms with Gasteiger partial charge in [0.15, 0.2) is 0 Å². The Hall–Kier alpha value is -1.05. The highest BCUT2D eigenvalue weighted by Gasteiger charge is 2.34. The highest BCUT2D eigenvalue weighted by atomic mass is 16.5. The number of hydrogen-bond acceptors (Lipinski definition) is 2. The van der Waals surface area contributed by atoms with Crippen LogP contribution >= 0.6 is 0 Å². The molecule has 2 nitrogen and oxygen atoms in total. The van der Waals surface area contributed by atoms with Gasteiger partial charge < -0.3 is 4.74 Å². The smallest absolute Gasteiger partial charge is 0.140 e. The Bertz CT molecular complexity index is 276. The third-order valence-corrected chi connectivity index (χ3v) is 2.95. The lowest BCUT2D eigenvalue weighted by Crippen LogP contribution is -2.31. The molecule has 2 unspecified atom stereocenters. The molecule has 0 aromatic carbocycles. The number of methoxy groups -OCH3 is 1. The third kappa shape index (κ3) is 1.67. The molecule has 0 heterocycles. The van der Waals surface area contributed by atoms with Crippen molar-refractivity contribution in [1.29, 1.82) is 0 Å². The fourth-order valence-electron chi connectivity index (χ4n) is 1.46. The van der Waals surface area contributed by atoms with Gasteiger partial charge in [-0.05, 0) is 31.9 Å². The molecule has 0 bridgehead atoms. The SMILES string of the molecule is COC1=CC(C)C(C)(C(C)=O)C=C1. The van der Waals surface area contributed by atoms with E-state index in [1.165, 1.54) is 0 Å². The zero-order valence-corrected chi connectivity index (χ0v) is 8.63. The number of hydrogen-bond donors (Lipinski definition) is 0. The first-order chi connectivity index (χ1) is 6.00. The Balaban J connectivity index is 2.94. The van der Waals surface area contributed by atoms with E-state index < -0.39 is 0 Å². The number of Topliss-reactive ketones (excluding diaryl/α,β-unsaturated/α-hetero) is 1. The van der Waals surface area contributed by atoms with Crippen LogP contribution in [0.5, 0.6) is 0 Å². The van der Waals surface area contributed by atoms with Gasteiger partial charge in [0.2, 0.25) is 0 Å². The monoisotopic (exact) mass is 180 g/mol. The molecule has 1 rings (SSSR count). The van der Waals surface area contributed by atoms with E-state index >= 15 is 0 Å². The maximum atomic E-state index is 11.4. The molecule has 13 heavy (non-hydrogen) atoms. The van der Waals surface area contributed by atoms with Crippen LogP contribution in [0.1, 0.15) is 20.8 Å². The van der Waals surface area contributed by atoms with Crippen LogP contribution in [0.25, 0.3) is 0 Å². The molecule has 0 saturated carbocycles. The van der Waals surface area contributed by atoms with Crippen molar-refractivity contribution in [1.82, 2.24) is 0 Å². The molecule has 1 aliphatic rings. The molecule has 0 saturated heterocycles. The summed E-state index contributed by atoms with van der Waals surface area (Å²) in [6.07, 6.45) is 5.78. The molecule has 2 heteroatoms. The second-order valence-electron chi connectivity index (χ2n) is 3.73. The van der Waals surface area contributed by atoms with Crippen LogP contribution in [0.3, 0.4) is 0 Å². The van der Waals surface area contributed by atoms with E-state index in [9.17, 15) is 4.79 Å². The number of allylic oxidation sites excluding steroid dienone is 3. The molecular weight excluding hydrogens is 164 g/mol. The average molecular weight is 180 g/mol. The highest BCUT2D eigenvalue weighted by molar-refractivity contribution is 5.85. The number of rotatable bonds is 2. The Morgan fingerprint density at radius 3 is 2.62 bits per heavy atom. The summed E-state index contributed by atoms with van der Waals surface area (Å²) >= 11 is 0. The fraction of sp³-hybridized carbons (Fsp3) is 0.545. The molecule has 0 spiro atoms. The maximum Gasteiger partial charge on any atom is 0.140 e. The Morgan fingerprint density at radius 1 is 1.62 bits per heavy atom. The van der Waals surface area contributed by atoms with Crippen LogP contribution in [-0.4, -0.2) is 12.9 Å². The molecule has 0 fully saturated rings. The van der Waals surface area contributed by atoms with Crippen molar-refractivity contribution in [2.45, 2.75) is 20.8 Å². The summed E-state index contributed by atoms with van der Waals surface area (Å²) in [5.74, 6) is 1.24. The molecular formula is C11H16O2. The quantitative estimate of drug-likeness (QED) is 0.652. The van der Waals surface area contributed by atoms with Crippen molar-refractivity contribution in [3.05, 3.63) is 24.0 Å². The summed E-state index contributed by atoms with van der Waals surface area (Å²) in [7, 11) is 1.64. The van der Waals surface area contributed by atoms with Gasteiger partial charge in [-0.2, -0.15) is 0 Å². The number of carbonyl (C=O) groups excluding carboxylic acids is 1. The van der Waals surface area contributed by atoms with E-state index in [1.54, 1.807) is 14.0 Å². The van der Waals surface area contributed by atoms with Crippen molar-refractivity contribution in [2.24, 2.45) is 11.3 Å². The average Bonchev–Trinajstić information content (AvgIpc) is 2.09. The number of carbonyl (C=O) groups is 1. The zero-order valence-electron chi connectivity index (χ0n) is 8.63. The van der Waals surface area contributed by atoms with Crippen LogP contribution in [-0.2, 0) is 9.53 Å². The molecule has 0 aromatic rings. The minimum absolute atomic E-state index is 0.197. The number of ether oxygens (including phenoxy) is 1. The standard InChI is InChI=1S/C11H16O2/c1-8-7-10(13-4)5-6-11(8,3)9(2)12/h5-8H,1-4H3. The van der Waals surface area contributed by atoms with E-state index in [0.717, 1.165) is 5.76 Å². The van der Waals surface area contributed by atoms with E-state index in [4.69, 9.17) is 4.74 Å². The summed E-state index contributed by atoms with van der Waals surface area (Å²) in [5.41, 5.74) is -0.359. The van der Waals surface area contributed by atoms with Crippen LogP contribution < -0.4 is 0 Å². The minimum Gasteiger partial charge on any atom is -0.497 e. The second kappa shape index (κ2) is 3.36. The van der Waals surface area contributed by atoms with Gasteiger partial charge in [0.25, 0.3) is 0 Å². The lowest BCUT2D eigenvalue weighted by molar-refractivity contribution is -0.124. The Labute approximate surface area is 79.3 Å². The zero-order chi connectivity index (χ0) is 10.1. The van der Waals surface area contributed by atoms with E-state index in [0.29, 0.717) is 0 Å². The van der Waals surface area contributed by atoms with Crippen molar-refractivity contribution in [2.75, 3.05) is 7.11 Å². The van der Waals surface area contributed by atoms with Crippen LogP contribution in [0, 0.1) is 11.3 Å². The summed E-state index contributed by atoms with van der Waals surface area (Å²) < 4.78 is 5.10. The molecule has 0 aliphatic heterocycles. The Morgan fingerprint density at radius 2 is 2.23 bits per heavy atom. The topological polar surface area (TPSA) is 26.3 Å². The Kier molecular flexibility index (Phi) is 2.60. The lowest BCUT2D eigenvalue weighted by atomic mass is 9.72. The van der Waals surface area contributed by atoms with Crippen LogP contribution in [0.4, 0.5) is 0 Å². The van der Waals surface area contributed by atoms with Gasteiger partial charge in [-0.15, -0.1) is 0 Å². The lowest BCUT2D eigenvalue weighted by Gasteiger charge is -2.31. The summed E-state index contributed by atoms with van der Waals surface area (Å²) in [6, 6.07) is 0. The largest absolute Gasteiger partial charge is 0.497 e. The summed E-state index contributed by atoms with van der Waals surface area (Å²) in [4.78, 5) is 11.4. The first kappa shape index (κ1) is 10.0. The van der Waals surface area contributed by atoms with Gasteiger partial charge in [-0.1, -0.05) is 13.0 Å². The summed E-state index contributed by atoms with van der Waals surface area (Å²) in [5, 5.41) is 0. The first-order valence-corrected chi connectivity index (χ1v) is 4.47. The normalized spacial score (nSPS) is 32.6. The molecule has 72 valence electrons. The van der Waals surface area contributed by atoms with Gasteiger partial charge in [-0.25, -0.2) is 0 Å². The maximum absolute atomic E-state index is 11.4. The predicted octanol–water partition coefficient (Wildman–Crippen LogP) is 2.32. The van der Waals surface area contributed by atoms with Crippen molar-refractivity contribution < 1.29 is 9.53 Å². The van der Waals surface area contributed by atoms with Gasteiger partial charge in [0, 0.05) is 0 Å². The highest BCUT2D eigenvalue weighted by Crippen LogP contribution is 2.35.